The quantitative estimate of drug-likeness (QED) is 0.205. The predicted molar refractivity (Wildman–Crippen MR) is 157 cm³/mol. The van der Waals surface area contributed by atoms with Crippen molar-refractivity contribution in [2.24, 2.45) is 5.92 Å². The molecule has 1 aliphatic heterocycles. The lowest BCUT2D eigenvalue weighted by atomic mass is 9.91. The third-order valence-corrected chi connectivity index (χ3v) is 7.93. The number of amides is 2. The van der Waals surface area contributed by atoms with Crippen molar-refractivity contribution in [2.45, 2.75) is 43.6 Å². The number of benzene rings is 3. The van der Waals surface area contributed by atoms with Crippen molar-refractivity contribution in [3.63, 3.8) is 0 Å². The highest BCUT2D eigenvalue weighted by molar-refractivity contribution is 7.99. The van der Waals surface area contributed by atoms with Gasteiger partial charge in [0.25, 0.3) is 0 Å². The minimum Gasteiger partial charge on any atom is -0.392 e. The van der Waals surface area contributed by atoms with Gasteiger partial charge in [-0.25, -0.2) is 9.78 Å². The summed E-state index contributed by atoms with van der Waals surface area (Å²) < 4.78 is 13.0. The van der Waals surface area contributed by atoms with Gasteiger partial charge in [0.05, 0.1) is 23.8 Å². The van der Waals surface area contributed by atoms with Crippen LogP contribution in [0.1, 0.15) is 41.6 Å². The number of thioether (sulfide) groups is 1. The number of urea groups is 1. The first-order valence-corrected chi connectivity index (χ1v) is 14.3. The second-order valence-corrected chi connectivity index (χ2v) is 10.8. The summed E-state index contributed by atoms with van der Waals surface area (Å²) in [7, 11) is 0. The third-order valence-electron chi connectivity index (χ3n) is 6.89. The van der Waals surface area contributed by atoms with Crippen LogP contribution in [0.2, 0.25) is 0 Å². The summed E-state index contributed by atoms with van der Waals surface area (Å²) in [5.74, 6) is 0.812. The average molecular weight is 556 g/mol. The molecule has 5 rings (SSSR count). The van der Waals surface area contributed by atoms with E-state index in [-0.39, 0.29) is 30.8 Å². The Balaban J connectivity index is 1.27. The molecule has 2 heterocycles. The van der Waals surface area contributed by atoms with Gasteiger partial charge in [0, 0.05) is 35.7 Å². The van der Waals surface area contributed by atoms with Gasteiger partial charge >= 0.3 is 6.03 Å². The Morgan fingerprint density at radius 2 is 1.60 bits per heavy atom. The number of aliphatic hydroxyl groups excluding tert-OH is 1. The lowest BCUT2D eigenvalue weighted by Gasteiger charge is -2.41. The van der Waals surface area contributed by atoms with Crippen LogP contribution in [0.5, 0.6) is 0 Å². The molecule has 0 spiro atoms. The number of carbonyl (C=O) groups is 1. The van der Waals surface area contributed by atoms with Crippen molar-refractivity contribution in [3.05, 3.63) is 126 Å². The van der Waals surface area contributed by atoms with E-state index < -0.39 is 6.29 Å². The van der Waals surface area contributed by atoms with E-state index in [1.165, 1.54) is 0 Å². The second kappa shape index (κ2) is 13.6. The van der Waals surface area contributed by atoms with Gasteiger partial charge in [-0.2, -0.15) is 0 Å². The molecule has 40 heavy (non-hydrogen) atoms. The lowest BCUT2D eigenvalue weighted by Crippen LogP contribution is -2.38. The van der Waals surface area contributed by atoms with Gasteiger partial charge in [-0.15, -0.1) is 11.8 Å². The number of aliphatic hydroxyl groups is 1. The number of rotatable bonds is 9. The third kappa shape index (κ3) is 7.28. The number of nitrogens with one attached hydrogen (secondary N) is 2. The second-order valence-electron chi connectivity index (χ2n) is 9.72. The van der Waals surface area contributed by atoms with E-state index in [1.807, 2.05) is 97.1 Å². The summed E-state index contributed by atoms with van der Waals surface area (Å²) in [4.78, 5) is 16.8. The Labute approximate surface area is 239 Å². The Kier molecular flexibility index (Phi) is 9.46. The van der Waals surface area contributed by atoms with E-state index in [1.54, 1.807) is 18.0 Å². The van der Waals surface area contributed by atoms with Crippen LogP contribution in [-0.2, 0) is 22.6 Å². The fourth-order valence-corrected chi connectivity index (χ4v) is 5.61. The molecule has 0 saturated carbocycles. The van der Waals surface area contributed by atoms with Gasteiger partial charge in [-0.05, 0) is 41.0 Å². The van der Waals surface area contributed by atoms with E-state index in [4.69, 9.17) is 9.47 Å². The number of hydrogen-bond donors (Lipinski definition) is 3. The van der Waals surface area contributed by atoms with Crippen LogP contribution in [0.3, 0.4) is 0 Å². The van der Waals surface area contributed by atoms with Crippen molar-refractivity contribution in [3.8, 4) is 0 Å². The monoisotopic (exact) mass is 555 g/mol. The Morgan fingerprint density at radius 3 is 2.30 bits per heavy atom. The number of carbonyl (C=O) groups excluding carboxylic acids is 1. The SMILES string of the molecule is C[C@@H]1[C@H](CSc2ccccn2)O[C@H](c2ccc(NC(=O)NCc3ccccc3)cc2)O[C@@H]1c1ccc(CO)cc1. The first kappa shape index (κ1) is 27.9. The van der Waals surface area contributed by atoms with Gasteiger partial charge in [0.1, 0.15) is 0 Å². The molecule has 1 aliphatic rings. The smallest absolute Gasteiger partial charge is 0.319 e. The van der Waals surface area contributed by atoms with Gasteiger partial charge in [-0.3, -0.25) is 0 Å². The molecule has 3 N–H and O–H groups in total. The Bertz CT molecular complexity index is 1350. The zero-order chi connectivity index (χ0) is 27.7. The van der Waals surface area contributed by atoms with Crippen LogP contribution in [0, 0.1) is 5.92 Å². The minimum atomic E-state index is -0.575. The van der Waals surface area contributed by atoms with Crippen LogP contribution >= 0.6 is 11.8 Å². The standard InChI is InChI=1S/C32H33N3O4S/c1-22-28(21-40-29-9-5-6-18-33-29)38-31(39-30(22)25-12-10-24(20-36)11-13-25)26-14-16-27(17-15-26)35-32(37)34-19-23-7-3-2-4-8-23/h2-18,22,28,30-31,36H,19-21H2,1H3,(H2,34,35,37)/t22-,28+,30+,31+/m1/s1. The topological polar surface area (TPSA) is 92.7 Å². The number of ether oxygens (including phenoxy) is 2. The molecule has 0 bridgehead atoms. The van der Waals surface area contributed by atoms with Gasteiger partial charge in [-0.1, -0.05) is 79.7 Å². The number of anilines is 1. The fourth-order valence-electron chi connectivity index (χ4n) is 4.59. The molecular formula is C32H33N3O4S. The van der Waals surface area contributed by atoms with Crippen LogP contribution in [-0.4, -0.2) is 28.0 Å². The first-order valence-electron chi connectivity index (χ1n) is 13.3. The van der Waals surface area contributed by atoms with Crippen LogP contribution in [0.25, 0.3) is 0 Å². The highest BCUT2D eigenvalue weighted by Gasteiger charge is 2.38. The first-order chi connectivity index (χ1) is 19.6. The average Bonchev–Trinajstić information content (AvgIpc) is 3.01. The number of aromatic nitrogens is 1. The molecule has 0 aliphatic carbocycles. The number of hydrogen-bond acceptors (Lipinski definition) is 6. The molecule has 7 nitrogen and oxygen atoms in total. The molecule has 1 saturated heterocycles. The molecule has 4 aromatic rings. The van der Waals surface area contributed by atoms with Crippen molar-refractivity contribution in [2.75, 3.05) is 11.1 Å². The van der Waals surface area contributed by atoms with E-state index in [9.17, 15) is 9.90 Å². The van der Waals surface area contributed by atoms with E-state index in [0.717, 1.165) is 33.0 Å². The van der Waals surface area contributed by atoms with E-state index in [2.05, 4.69) is 22.5 Å². The Morgan fingerprint density at radius 1 is 0.875 bits per heavy atom. The molecule has 4 atom stereocenters. The highest BCUT2D eigenvalue weighted by atomic mass is 32.2. The summed E-state index contributed by atoms with van der Waals surface area (Å²) in [6, 6.07) is 30.8. The fraction of sp³-hybridized carbons (Fsp3) is 0.250. The molecule has 0 radical (unpaired) electrons. The van der Waals surface area contributed by atoms with Crippen LogP contribution < -0.4 is 10.6 Å². The highest BCUT2D eigenvalue weighted by Crippen LogP contribution is 2.43. The summed E-state index contributed by atoms with van der Waals surface area (Å²) in [5.41, 5.74) is 4.48. The maximum absolute atomic E-state index is 12.4. The van der Waals surface area contributed by atoms with Gasteiger partial charge in [0.15, 0.2) is 6.29 Å². The maximum Gasteiger partial charge on any atom is 0.319 e. The molecule has 1 fully saturated rings. The molecule has 206 valence electrons. The van der Waals surface area contributed by atoms with E-state index >= 15 is 0 Å². The zero-order valence-corrected chi connectivity index (χ0v) is 23.1. The predicted octanol–water partition coefficient (Wildman–Crippen LogP) is 6.48. The zero-order valence-electron chi connectivity index (χ0n) is 22.3. The number of pyridine rings is 1. The minimum absolute atomic E-state index is 0.00109. The van der Waals surface area contributed by atoms with Crippen LogP contribution in [0.4, 0.5) is 10.5 Å². The molecule has 2 amide bonds. The van der Waals surface area contributed by atoms with Crippen molar-refractivity contribution in [1.29, 1.82) is 0 Å². The van der Waals surface area contributed by atoms with Crippen molar-refractivity contribution < 1.29 is 19.4 Å². The molecule has 0 unspecified atom stereocenters. The van der Waals surface area contributed by atoms with Gasteiger partial charge in [0.2, 0.25) is 0 Å². The largest absolute Gasteiger partial charge is 0.392 e. The van der Waals surface area contributed by atoms with Crippen LogP contribution in [0.15, 0.2) is 108 Å². The molecular weight excluding hydrogens is 522 g/mol. The molecule has 1 aromatic heterocycles. The maximum atomic E-state index is 12.4. The van der Waals surface area contributed by atoms with Crippen molar-refractivity contribution >= 4 is 23.5 Å². The molecule has 3 aromatic carbocycles. The lowest BCUT2D eigenvalue weighted by molar-refractivity contribution is -0.268. The number of nitrogens with zero attached hydrogens (tertiary/aromatic N) is 1. The summed E-state index contributed by atoms with van der Waals surface area (Å²) >= 11 is 1.66. The summed E-state index contributed by atoms with van der Waals surface area (Å²) in [6.45, 7) is 2.60. The van der Waals surface area contributed by atoms with Gasteiger partial charge < -0.3 is 25.2 Å². The normalized spacial score (nSPS) is 20.6. The summed E-state index contributed by atoms with van der Waals surface area (Å²) in [6.07, 6.45) is 0.939. The van der Waals surface area contributed by atoms with Crippen molar-refractivity contribution in [1.82, 2.24) is 10.3 Å². The van der Waals surface area contributed by atoms with E-state index in [0.29, 0.717) is 12.2 Å². The Hall–Kier alpha value is -3.69. The molecule has 8 heteroatoms. The summed E-state index contributed by atoms with van der Waals surface area (Å²) in [5, 5.41) is 16.2.